The van der Waals surface area contributed by atoms with Gasteiger partial charge in [-0.2, -0.15) is 0 Å². The van der Waals surface area contributed by atoms with Crippen LogP contribution in [0.2, 0.25) is 0 Å². The van der Waals surface area contributed by atoms with Crippen molar-refractivity contribution in [2.45, 2.75) is 18.8 Å². The average molecular weight is 285 g/mol. The van der Waals surface area contributed by atoms with Crippen LogP contribution in [0, 0.1) is 11.8 Å². The smallest absolute Gasteiger partial charge is 0.307 e. The van der Waals surface area contributed by atoms with Gasteiger partial charge in [-0.3, -0.25) is 4.79 Å². The molecule has 1 saturated carbocycles. The number of nitrogens with zero attached hydrogens (tertiary/aromatic N) is 1. The zero-order chi connectivity index (χ0) is 14.6. The minimum absolute atomic E-state index is 0.0192. The topological polar surface area (TPSA) is 72.6 Å². The van der Waals surface area contributed by atoms with Crippen LogP contribution in [0.4, 0.5) is 0 Å². The highest BCUT2D eigenvalue weighted by Gasteiger charge is 2.60. The van der Waals surface area contributed by atoms with Gasteiger partial charge in [0.1, 0.15) is 17.2 Å². The van der Waals surface area contributed by atoms with E-state index in [0.717, 1.165) is 41.2 Å². The van der Waals surface area contributed by atoms with Crippen LogP contribution in [-0.2, 0) is 11.2 Å². The Labute approximate surface area is 121 Å². The standard InChI is InChI=1S/C16H15NO4/c1-20-9-4-2-8(3-5-9)14-11-7-6-10-12(13(10)16(18)19)15(11)21-17-14/h2-5,10,12-13H,6-7H2,1H3,(H,18,19). The third-order valence-corrected chi connectivity index (χ3v) is 4.67. The molecule has 0 bridgehead atoms. The molecule has 5 heteroatoms. The molecule has 1 aromatic heterocycles. The summed E-state index contributed by atoms with van der Waals surface area (Å²) >= 11 is 0. The van der Waals surface area contributed by atoms with Crippen molar-refractivity contribution < 1.29 is 19.2 Å². The molecule has 21 heavy (non-hydrogen) atoms. The van der Waals surface area contributed by atoms with Crippen molar-refractivity contribution in [1.29, 1.82) is 0 Å². The Morgan fingerprint density at radius 3 is 2.81 bits per heavy atom. The number of hydrogen-bond acceptors (Lipinski definition) is 4. The van der Waals surface area contributed by atoms with E-state index >= 15 is 0 Å². The zero-order valence-corrected chi connectivity index (χ0v) is 11.6. The largest absolute Gasteiger partial charge is 0.497 e. The maximum absolute atomic E-state index is 11.2. The Balaban J connectivity index is 1.70. The zero-order valence-electron chi connectivity index (χ0n) is 11.6. The highest BCUT2D eigenvalue weighted by Crippen LogP contribution is 2.60. The van der Waals surface area contributed by atoms with Crippen LogP contribution >= 0.6 is 0 Å². The molecule has 0 amide bonds. The minimum atomic E-state index is -0.722. The predicted octanol–water partition coefficient (Wildman–Crippen LogP) is 2.71. The van der Waals surface area contributed by atoms with E-state index in [4.69, 9.17) is 9.26 Å². The van der Waals surface area contributed by atoms with Gasteiger partial charge < -0.3 is 14.4 Å². The number of carboxylic acids is 1. The molecule has 2 aliphatic carbocycles. The van der Waals surface area contributed by atoms with Crippen molar-refractivity contribution in [2.24, 2.45) is 11.8 Å². The summed E-state index contributed by atoms with van der Waals surface area (Å²) < 4.78 is 10.6. The van der Waals surface area contributed by atoms with Crippen LogP contribution in [0.3, 0.4) is 0 Å². The van der Waals surface area contributed by atoms with E-state index in [0.29, 0.717) is 0 Å². The van der Waals surface area contributed by atoms with Gasteiger partial charge in [-0.05, 0) is 43.0 Å². The summed E-state index contributed by atoms with van der Waals surface area (Å²) in [5, 5.41) is 13.4. The molecule has 0 spiro atoms. The number of fused-ring (bicyclic) bond motifs is 3. The van der Waals surface area contributed by atoms with Crippen molar-refractivity contribution >= 4 is 5.97 Å². The van der Waals surface area contributed by atoms with Crippen molar-refractivity contribution in [3.8, 4) is 17.0 Å². The molecule has 1 N–H and O–H groups in total. The molecule has 0 aliphatic heterocycles. The van der Waals surface area contributed by atoms with Gasteiger partial charge in [0, 0.05) is 17.0 Å². The maximum Gasteiger partial charge on any atom is 0.307 e. The summed E-state index contributed by atoms with van der Waals surface area (Å²) in [6, 6.07) is 7.67. The molecule has 0 saturated heterocycles. The number of aliphatic carboxylic acids is 1. The quantitative estimate of drug-likeness (QED) is 0.938. The monoisotopic (exact) mass is 285 g/mol. The summed E-state index contributed by atoms with van der Waals surface area (Å²) in [5.41, 5.74) is 2.89. The molecule has 2 aromatic rings. The summed E-state index contributed by atoms with van der Waals surface area (Å²) in [7, 11) is 1.63. The predicted molar refractivity (Wildman–Crippen MR) is 74.2 cm³/mol. The van der Waals surface area contributed by atoms with Crippen LogP contribution in [-0.4, -0.2) is 23.3 Å². The Bertz CT molecular complexity index is 704. The molecule has 4 rings (SSSR count). The van der Waals surface area contributed by atoms with Gasteiger partial charge in [-0.25, -0.2) is 0 Å². The number of hydrogen-bond donors (Lipinski definition) is 1. The van der Waals surface area contributed by atoms with Crippen molar-refractivity contribution in [2.75, 3.05) is 7.11 Å². The van der Waals surface area contributed by atoms with Crippen LogP contribution in [0.15, 0.2) is 28.8 Å². The van der Waals surface area contributed by atoms with Gasteiger partial charge in [-0.15, -0.1) is 0 Å². The average Bonchev–Trinajstić information content (AvgIpc) is 3.10. The fourth-order valence-electron chi connectivity index (χ4n) is 3.54. The van der Waals surface area contributed by atoms with E-state index in [1.807, 2.05) is 24.3 Å². The lowest BCUT2D eigenvalue weighted by atomic mass is 9.94. The molecular formula is C16H15NO4. The molecule has 1 heterocycles. The molecule has 2 aliphatic rings. The molecule has 1 aromatic carbocycles. The number of rotatable bonds is 3. The highest BCUT2D eigenvalue weighted by atomic mass is 16.5. The summed E-state index contributed by atoms with van der Waals surface area (Å²) in [6.45, 7) is 0. The maximum atomic E-state index is 11.2. The van der Waals surface area contributed by atoms with Gasteiger partial charge in [0.25, 0.3) is 0 Å². The fourth-order valence-corrected chi connectivity index (χ4v) is 3.54. The lowest BCUT2D eigenvalue weighted by molar-refractivity contribution is -0.139. The van der Waals surface area contributed by atoms with Crippen molar-refractivity contribution in [3.63, 3.8) is 0 Å². The Morgan fingerprint density at radius 2 is 2.14 bits per heavy atom. The fraction of sp³-hybridized carbons (Fsp3) is 0.375. The molecule has 1 fully saturated rings. The molecule has 3 unspecified atom stereocenters. The van der Waals surface area contributed by atoms with E-state index in [2.05, 4.69) is 5.16 Å². The Kier molecular flexibility index (Phi) is 2.58. The van der Waals surface area contributed by atoms with E-state index in [9.17, 15) is 9.90 Å². The molecule has 0 radical (unpaired) electrons. The molecule has 5 nitrogen and oxygen atoms in total. The Morgan fingerprint density at radius 1 is 1.38 bits per heavy atom. The van der Waals surface area contributed by atoms with Crippen molar-refractivity contribution in [3.05, 3.63) is 35.6 Å². The summed E-state index contributed by atoms with van der Waals surface area (Å²) in [4.78, 5) is 11.2. The summed E-state index contributed by atoms with van der Waals surface area (Å²) in [6.07, 6.45) is 1.74. The number of methoxy groups -OCH3 is 1. The van der Waals surface area contributed by atoms with Gasteiger partial charge in [0.2, 0.25) is 0 Å². The van der Waals surface area contributed by atoms with Gasteiger partial charge in [0.15, 0.2) is 0 Å². The number of aromatic nitrogens is 1. The third-order valence-electron chi connectivity index (χ3n) is 4.67. The van der Waals surface area contributed by atoms with Gasteiger partial charge in [-0.1, -0.05) is 5.16 Å². The first-order valence-corrected chi connectivity index (χ1v) is 7.06. The van der Waals surface area contributed by atoms with Gasteiger partial charge >= 0.3 is 5.97 Å². The first-order chi connectivity index (χ1) is 10.2. The molecular weight excluding hydrogens is 270 g/mol. The first-order valence-electron chi connectivity index (χ1n) is 7.06. The molecule has 108 valence electrons. The third kappa shape index (κ3) is 1.77. The van der Waals surface area contributed by atoms with Crippen LogP contribution < -0.4 is 4.74 Å². The normalized spacial score (nSPS) is 25.9. The van der Waals surface area contributed by atoms with Crippen LogP contribution in [0.5, 0.6) is 5.75 Å². The van der Waals surface area contributed by atoms with Crippen molar-refractivity contribution in [1.82, 2.24) is 5.16 Å². The van der Waals surface area contributed by atoms with E-state index in [-0.39, 0.29) is 17.8 Å². The Hall–Kier alpha value is -2.30. The second kappa shape index (κ2) is 4.35. The minimum Gasteiger partial charge on any atom is -0.497 e. The second-order valence-corrected chi connectivity index (χ2v) is 5.69. The lowest BCUT2D eigenvalue weighted by Crippen LogP contribution is -1.99. The van der Waals surface area contributed by atoms with E-state index < -0.39 is 5.97 Å². The van der Waals surface area contributed by atoms with Crippen LogP contribution in [0.25, 0.3) is 11.3 Å². The second-order valence-electron chi connectivity index (χ2n) is 5.69. The number of carboxylic acid groups (broad SMARTS) is 1. The number of ether oxygens (including phenoxy) is 1. The lowest BCUT2D eigenvalue weighted by Gasteiger charge is -2.08. The SMILES string of the molecule is COc1ccc(-c2noc3c2CCC2C(C(=O)O)C32)cc1. The summed E-state index contributed by atoms with van der Waals surface area (Å²) in [5.74, 6) is 0.814. The van der Waals surface area contributed by atoms with E-state index in [1.54, 1.807) is 7.11 Å². The highest BCUT2D eigenvalue weighted by molar-refractivity contribution is 5.77. The molecule has 3 atom stereocenters. The number of carbonyl (C=O) groups is 1. The van der Waals surface area contributed by atoms with E-state index in [1.165, 1.54) is 0 Å². The first kappa shape index (κ1) is 12.4. The van der Waals surface area contributed by atoms with Crippen LogP contribution in [0.1, 0.15) is 23.7 Å². The van der Waals surface area contributed by atoms with Gasteiger partial charge in [0.05, 0.1) is 13.0 Å². The number of benzene rings is 1.